The van der Waals surface area contributed by atoms with Gasteiger partial charge >= 0.3 is 0 Å². The molecule has 0 saturated carbocycles. The second-order valence-electron chi connectivity index (χ2n) is 11.8. The summed E-state index contributed by atoms with van der Waals surface area (Å²) in [6.07, 6.45) is 0. The Morgan fingerprint density at radius 3 is 1.80 bits per heavy atom. The van der Waals surface area contributed by atoms with Crippen LogP contribution >= 0.6 is 0 Å². The topological polar surface area (TPSA) is 23.0 Å². The molecule has 0 spiro atoms. The van der Waals surface area contributed by atoms with Crippen LogP contribution in [-0.2, 0) is 0 Å². The standard InChI is InChI=1S/C42H26N2O/c1-2-10-29(11-3-1)43-37-16-8-5-14-34(37)41-38(43)24-23-33-31-12-4-7-15-36(31)44(42(33)41)30-21-18-27(19-22-30)28-20-25-40-35(26-28)32-13-6-9-17-39(32)45-40/h1-26H. The lowest BCUT2D eigenvalue weighted by Crippen LogP contribution is -1.95. The van der Waals surface area contributed by atoms with Gasteiger partial charge < -0.3 is 13.6 Å². The van der Waals surface area contributed by atoms with Gasteiger partial charge in [0.25, 0.3) is 0 Å². The van der Waals surface area contributed by atoms with Crippen LogP contribution in [0.5, 0.6) is 0 Å². The molecular formula is C42H26N2O. The zero-order valence-electron chi connectivity index (χ0n) is 24.3. The first kappa shape index (κ1) is 24.4. The average Bonchev–Trinajstić information content (AvgIpc) is 3.76. The minimum absolute atomic E-state index is 0.917. The molecule has 0 atom stereocenters. The molecule has 0 saturated heterocycles. The molecule has 0 fully saturated rings. The molecule has 0 aliphatic rings. The number of fused-ring (bicyclic) bond motifs is 10. The third-order valence-corrected chi connectivity index (χ3v) is 9.32. The number of hydrogen-bond acceptors (Lipinski definition) is 1. The largest absolute Gasteiger partial charge is 0.456 e. The van der Waals surface area contributed by atoms with Gasteiger partial charge in [0.1, 0.15) is 11.2 Å². The van der Waals surface area contributed by atoms with Crippen LogP contribution in [0.3, 0.4) is 0 Å². The Bertz CT molecular complexity index is 2740. The van der Waals surface area contributed by atoms with Crippen LogP contribution in [0, 0.1) is 0 Å². The molecule has 3 nitrogen and oxygen atoms in total. The number of rotatable bonds is 3. The molecule has 10 rings (SSSR count). The SMILES string of the molecule is c1ccc(-n2c3ccccc3c3c2ccc2c4ccccc4n(-c4ccc(-c5ccc6oc7ccccc7c6c5)cc4)c23)cc1. The highest BCUT2D eigenvalue weighted by Crippen LogP contribution is 2.42. The smallest absolute Gasteiger partial charge is 0.135 e. The normalized spacial score (nSPS) is 12.0. The van der Waals surface area contributed by atoms with Crippen molar-refractivity contribution in [2.45, 2.75) is 0 Å². The van der Waals surface area contributed by atoms with Gasteiger partial charge in [0, 0.05) is 43.7 Å². The van der Waals surface area contributed by atoms with E-state index in [0.29, 0.717) is 0 Å². The Labute approximate surface area is 258 Å². The van der Waals surface area contributed by atoms with Crippen molar-refractivity contribution in [3.05, 3.63) is 158 Å². The molecule has 3 heterocycles. The van der Waals surface area contributed by atoms with Crippen LogP contribution in [0.4, 0.5) is 0 Å². The van der Waals surface area contributed by atoms with E-state index in [-0.39, 0.29) is 0 Å². The molecule has 0 N–H and O–H groups in total. The molecule has 0 amide bonds. The van der Waals surface area contributed by atoms with Gasteiger partial charge in [-0.15, -0.1) is 0 Å². The number of furan rings is 1. The van der Waals surface area contributed by atoms with Crippen molar-refractivity contribution >= 4 is 65.6 Å². The summed E-state index contributed by atoms with van der Waals surface area (Å²) in [5.74, 6) is 0. The summed E-state index contributed by atoms with van der Waals surface area (Å²) in [4.78, 5) is 0. The number of nitrogens with zero attached hydrogens (tertiary/aromatic N) is 2. The van der Waals surface area contributed by atoms with Gasteiger partial charge in [0.05, 0.1) is 22.1 Å². The molecule has 45 heavy (non-hydrogen) atoms. The second kappa shape index (κ2) is 9.22. The molecule has 10 aromatic rings. The van der Waals surface area contributed by atoms with Crippen molar-refractivity contribution in [1.29, 1.82) is 0 Å². The first-order valence-corrected chi connectivity index (χ1v) is 15.4. The molecular weight excluding hydrogens is 548 g/mol. The van der Waals surface area contributed by atoms with Crippen LogP contribution in [-0.4, -0.2) is 9.13 Å². The van der Waals surface area contributed by atoms with Crippen molar-refractivity contribution in [3.8, 4) is 22.5 Å². The number of benzene rings is 7. The van der Waals surface area contributed by atoms with Gasteiger partial charge in [-0.2, -0.15) is 0 Å². The Balaban J connectivity index is 1.23. The van der Waals surface area contributed by atoms with E-state index in [4.69, 9.17) is 4.42 Å². The molecule has 3 aromatic heterocycles. The van der Waals surface area contributed by atoms with E-state index in [2.05, 4.69) is 155 Å². The summed E-state index contributed by atoms with van der Waals surface area (Å²) in [5, 5.41) is 7.33. The molecule has 0 unspecified atom stereocenters. The number of aromatic nitrogens is 2. The quantitative estimate of drug-likeness (QED) is 0.206. The lowest BCUT2D eigenvalue weighted by Gasteiger charge is -2.11. The van der Waals surface area contributed by atoms with Crippen molar-refractivity contribution in [3.63, 3.8) is 0 Å². The van der Waals surface area contributed by atoms with E-state index in [1.807, 2.05) is 12.1 Å². The lowest BCUT2D eigenvalue weighted by atomic mass is 10.0. The highest BCUT2D eigenvalue weighted by molar-refractivity contribution is 6.26. The molecule has 3 heteroatoms. The average molecular weight is 575 g/mol. The Morgan fingerprint density at radius 1 is 0.356 bits per heavy atom. The van der Waals surface area contributed by atoms with Crippen LogP contribution < -0.4 is 0 Å². The van der Waals surface area contributed by atoms with Crippen LogP contribution in [0.25, 0.3) is 88.1 Å². The molecule has 0 radical (unpaired) electrons. The van der Waals surface area contributed by atoms with E-state index in [0.717, 1.165) is 33.3 Å². The summed E-state index contributed by atoms with van der Waals surface area (Å²) in [6, 6.07) is 56.6. The van der Waals surface area contributed by atoms with E-state index in [1.54, 1.807) is 0 Å². The van der Waals surface area contributed by atoms with Gasteiger partial charge in [-0.3, -0.25) is 0 Å². The Hall–Kier alpha value is -6.06. The van der Waals surface area contributed by atoms with Crippen molar-refractivity contribution in [2.75, 3.05) is 0 Å². The molecule has 7 aromatic carbocycles. The van der Waals surface area contributed by atoms with E-state index >= 15 is 0 Å². The fourth-order valence-electron chi connectivity index (χ4n) is 7.34. The zero-order chi connectivity index (χ0) is 29.5. The maximum atomic E-state index is 6.08. The summed E-state index contributed by atoms with van der Waals surface area (Å²) >= 11 is 0. The maximum Gasteiger partial charge on any atom is 0.135 e. The first-order chi connectivity index (χ1) is 22.3. The Kier molecular flexibility index (Phi) is 5.00. The first-order valence-electron chi connectivity index (χ1n) is 15.4. The minimum Gasteiger partial charge on any atom is -0.456 e. The minimum atomic E-state index is 0.917. The van der Waals surface area contributed by atoms with Crippen molar-refractivity contribution < 1.29 is 4.42 Å². The third-order valence-electron chi connectivity index (χ3n) is 9.32. The maximum absolute atomic E-state index is 6.08. The van der Waals surface area contributed by atoms with Gasteiger partial charge in [0.15, 0.2) is 0 Å². The van der Waals surface area contributed by atoms with Crippen LogP contribution in [0.1, 0.15) is 0 Å². The fraction of sp³-hybridized carbons (Fsp3) is 0. The van der Waals surface area contributed by atoms with Crippen LogP contribution in [0.2, 0.25) is 0 Å². The predicted molar refractivity (Wildman–Crippen MR) is 188 cm³/mol. The second-order valence-corrected chi connectivity index (χ2v) is 11.8. The van der Waals surface area contributed by atoms with Gasteiger partial charge in [-0.25, -0.2) is 0 Å². The van der Waals surface area contributed by atoms with Gasteiger partial charge in [-0.1, -0.05) is 97.1 Å². The lowest BCUT2D eigenvalue weighted by molar-refractivity contribution is 0.669. The zero-order valence-corrected chi connectivity index (χ0v) is 24.3. The molecule has 0 aliphatic heterocycles. The number of para-hydroxylation sites is 4. The molecule has 0 bridgehead atoms. The van der Waals surface area contributed by atoms with Gasteiger partial charge in [-0.05, 0) is 71.8 Å². The van der Waals surface area contributed by atoms with E-state index in [9.17, 15) is 0 Å². The Morgan fingerprint density at radius 2 is 0.978 bits per heavy atom. The van der Waals surface area contributed by atoms with E-state index in [1.165, 1.54) is 54.7 Å². The third kappa shape index (κ3) is 3.46. The van der Waals surface area contributed by atoms with Crippen LogP contribution in [0.15, 0.2) is 162 Å². The van der Waals surface area contributed by atoms with Crippen molar-refractivity contribution in [2.24, 2.45) is 0 Å². The van der Waals surface area contributed by atoms with Gasteiger partial charge in [0.2, 0.25) is 0 Å². The summed E-state index contributed by atoms with van der Waals surface area (Å²) in [7, 11) is 0. The fourth-order valence-corrected chi connectivity index (χ4v) is 7.34. The summed E-state index contributed by atoms with van der Waals surface area (Å²) < 4.78 is 10.9. The monoisotopic (exact) mass is 574 g/mol. The van der Waals surface area contributed by atoms with Crippen molar-refractivity contribution in [1.82, 2.24) is 9.13 Å². The van der Waals surface area contributed by atoms with E-state index < -0.39 is 0 Å². The summed E-state index contributed by atoms with van der Waals surface area (Å²) in [6.45, 7) is 0. The number of hydrogen-bond donors (Lipinski definition) is 0. The molecule has 0 aliphatic carbocycles. The molecule has 210 valence electrons. The summed E-state index contributed by atoms with van der Waals surface area (Å²) in [5.41, 5.74) is 11.4. The predicted octanol–water partition coefficient (Wildman–Crippen LogP) is 11.4. The highest BCUT2D eigenvalue weighted by atomic mass is 16.3. The highest BCUT2D eigenvalue weighted by Gasteiger charge is 2.20.